The van der Waals surface area contributed by atoms with Crippen LogP contribution in [0.1, 0.15) is 71.6 Å². The van der Waals surface area contributed by atoms with Crippen LogP contribution in [0.4, 0.5) is 0 Å². The largest absolute Gasteiger partial charge is 0.389 e. The van der Waals surface area contributed by atoms with Crippen LogP contribution in [0, 0.1) is 0 Å². The molecule has 0 aromatic carbocycles. The van der Waals surface area contributed by atoms with Gasteiger partial charge in [-0.2, -0.15) is 0 Å². The lowest BCUT2D eigenvalue weighted by molar-refractivity contribution is 0.209. The zero-order valence-electron chi connectivity index (χ0n) is 14.0. The summed E-state index contributed by atoms with van der Waals surface area (Å²) in [5.74, 6) is 0. The zero-order valence-corrected chi connectivity index (χ0v) is 14.0. The second kappa shape index (κ2) is 17.0. The van der Waals surface area contributed by atoms with Gasteiger partial charge in [0.15, 0.2) is 0 Å². The molecule has 0 saturated heterocycles. The van der Waals surface area contributed by atoms with Gasteiger partial charge in [0, 0.05) is 0 Å². The van der Waals surface area contributed by atoms with Crippen molar-refractivity contribution in [3.63, 3.8) is 0 Å². The molecule has 0 amide bonds. The summed E-state index contributed by atoms with van der Waals surface area (Å²) in [7, 11) is 0. The van der Waals surface area contributed by atoms with Crippen LogP contribution in [0.2, 0.25) is 0 Å². The first-order valence-electron chi connectivity index (χ1n) is 8.62. The summed E-state index contributed by atoms with van der Waals surface area (Å²) < 4.78 is 0. The molecule has 0 spiro atoms. The topological polar surface area (TPSA) is 20.2 Å². The van der Waals surface area contributed by atoms with E-state index in [0.717, 1.165) is 32.1 Å². The average Bonchev–Trinajstić information content (AvgIpc) is 2.49. The van der Waals surface area contributed by atoms with Gasteiger partial charge in [-0.25, -0.2) is 0 Å². The number of hydrogen-bond donors (Lipinski definition) is 1. The highest BCUT2D eigenvalue weighted by Gasteiger charge is 1.95. The molecule has 0 aromatic heterocycles. The standard InChI is InChI=1S/C20H34O/c1-3-5-7-8-9-10-11-12-13-14-15-16-17-19-20(21)18-6-4-2/h9-10,12-13,15-17,19-21H,3-8,11,14,18H2,1-2H3/t20-/m0/s1. The first-order chi connectivity index (χ1) is 10.3. The van der Waals surface area contributed by atoms with Gasteiger partial charge in [0.25, 0.3) is 0 Å². The van der Waals surface area contributed by atoms with Crippen LogP contribution < -0.4 is 0 Å². The lowest BCUT2D eigenvalue weighted by atomic mass is 10.1. The van der Waals surface area contributed by atoms with Crippen molar-refractivity contribution >= 4 is 0 Å². The van der Waals surface area contributed by atoms with E-state index in [9.17, 15) is 5.11 Å². The van der Waals surface area contributed by atoms with E-state index in [-0.39, 0.29) is 6.10 Å². The van der Waals surface area contributed by atoms with E-state index < -0.39 is 0 Å². The number of unbranched alkanes of at least 4 members (excludes halogenated alkanes) is 4. The first-order valence-corrected chi connectivity index (χ1v) is 8.62. The van der Waals surface area contributed by atoms with Crippen LogP contribution in [0.25, 0.3) is 0 Å². The van der Waals surface area contributed by atoms with Gasteiger partial charge in [-0.05, 0) is 32.1 Å². The van der Waals surface area contributed by atoms with Gasteiger partial charge in [0.05, 0.1) is 6.10 Å². The number of aliphatic hydroxyl groups excluding tert-OH is 1. The molecule has 1 nitrogen and oxygen atoms in total. The lowest BCUT2D eigenvalue weighted by Crippen LogP contribution is -2.00. The van der Waals surface area contributed by atoms with Crippen LogP contribution in [-0.4, -0.2) is 11.2 Å². The number of hydrogen-bond acceptors (Lipinski definition) is 1. The van der Waals surface area contributed by atoms with E-state index >= 15 is 0 Å². The molecular weight excluding hydrogens is 256 g/mol. The fraction of sp³-hybridized carbons (Fsp3) is 0.600. The number of allylic oxidation sites excluding steroid dienone is 7. The smallest absolute Gasteiger partial charge is 0.0723 e. The highest BCUT2D eigenvalue weighted by molar-refractivity contribution is 5.07. The predicted molar refractivity (Wildman–Crippen MR) is 95.5 cm³/mol. The summed E-state index contributed by atoms with van der Waals surface area (Å²) in [6.45, 7) is 4.38. The molecule has 0 aliphatic heterocycles. The Bertz CT molecular complexity index is 310. The summed E-state index contributed by atoms with van der Waals surface area (Å²) in [6.07, 6.45) is 26.8. The van der Waals surface area contributed by atoms with Crippen molar-refractivity contribution in [3.05, 3.63) is 48.6 Å². The number of aliphatic hydroxyl groups is 1. The highest BCUT2D eigenvalue weighted by Crippen LogP contribution is 2.02. The summed E-state index contributed by atoms with van der Waals surface area (Å²) in [4.78, 5) is 0. The Labute approximate surface area is 132 Å². The molecule has 21 heavy (non-hydrogen) atoms. The fourth-order valence-corrected chi connectivity index (χ4v) is 1.93. The van der Waals surface area contributed by atoms with Crippen LogP contribution in [0.15, 0.2) is 48.6 Å². The predicted octanol–water partition coefficient (Wildman–Crippen LogP) is 6.12. The lowest BCUT2D eigenvalue weighted by Gasteiger charge is -2.01. The van der Waals surface area contributed by atoms with Crippen LogP contribution >= 0.6 is 0 Å². The molecule has 0 bridgehead atoms. The van der Waals surface area contributed by atoms with E-state index in [0.29, 0.717) is 0 Å². The Balaban J connectivity index is 3.53. The first kappa shape index (κ1) is 19.9. The van der Waals surface area contributed by atoms with E-state index in [1.54, 1.807) is 0 Å². The molecule has 0 aliphatic carbocycles. The Morgan fingerprint density at radius 1 is 0.762 bits per heavy atom. The second-order valence-corrected chi connectivity index (χ2v) is 5.43. The molecule has 120 valence electrons. The average molecular weight is 290 g/mol. The Morgan fingerprint density at radius 3 is 2.14 bits per heavy atom. The van der Waals surface area contributed by atoms with Gasteiger partial charge in [0.1, 0.15) is 0 Å². The van der Waals surface area contributed by atoms with Crippen LogP contribution in [0.5, 0.6) is 0 Å². The summed E-state index contributed by atoms with van der Waals surface area (Å²) in [6, 6.07) is 0. The van der Waals surface area contributed by atoms with Gasteiger partial charge < -0.3 is 5.11 Å². The molecule has 0 aromatic rings. The molecule has 1 N–H and O–H groups in total. The molecular formula is C20H34O. The van der Waals surface area contributed by atoms with Crippen molar-refractivity contribution in [1.82, 2.24) is 0 Å². The maximum Gasteiger partial charge on any atom is 0.0723 e. The minimum Gasteiger partial charge on any atom is -0.389 e. The van der Waals surface area contributed by atoms with Gasteiger partial charge in [-0.15, -0.1) is 0 Å². The van der Waals surface area contributed by atoms with Crippen molar-refractivity contribution in [2.75, 3.05) is 0 Å². The summed E-state index contributed by atoms with van der Waals surface area (Å²) in [5, 5.41) is 9.62. The SMILES string of the molecule is CCCCCC=CCC=CCC=CC=C[C@@H](O)CCCC. The zero-order chi connectivity index (χ0) is 15.6. The van der Waals surface area contributed by atoms with Gasteiger partial charge in [0.2, 0.25) is 0 Å². The van der Waals surface area contributed by atoms with Crippen molar-refractivity contribution in [1.29, 1.82) is 0 Å². The van der Waals surface area contributed by atoms with Crippen LogP contribution in [-0.2, 0) is 0 Å². The van der Waals surface area contributed by atoms with Crippen molar-refractivity contribution in [2.45, 2.75) is 77.7 Å². The van der Waals surface area contributed by atoms with E-state index in [1.807, 2.05) is 18.2 Å². The third kappa shape index (κ3) is 16.9. The molecule has 1 atom stereocenters. The Kier molecular flexibility index (Phi) is 16.1. The summed E-state index contributed by atoms with van der Waals surface area (Å²) >= 11 is 0. The quantitative estimate of drug-likeness (QED) is 0.246. The third-order valence-corrected chi connectivity index (χ3v) is 3.29. The molecule has 0 unspecified atom stereocenters. The van der Waals surface area contributed by atoms with Gasteiger partial charge in [-0.1, -0.05) is 88.1 Å². The molecule has 0 heterocycles. The molecule has 0 saturated carbocycles. The molecule has 0 radical (unpaired) electrons. The Morgan fingerprint density at radius 2 is 1.43 bits per heavy atom. The maximum atomic E-state index is 9.62. The third-order valence-electron chi connectivity index (χ3n) is 3.29. The van der Waals surface area contributed by atoms with Gasteiger partial charge in [-0.3, -0.25) is 0 Å². The van der Waals surface area contributed by atoms with E-state index in [4.69, 9.17) is 0 Å². The minimum absolute atomic E-state index is 0.289. The van der Waals surface area contributed by atoms with Crippen molar-refractivity contribution < 1.29 is 5.11 Å². The van der Waals surface area contributed by atoms with Crippen LogP contribution in [0.3, 0.4) is 0 Å². The molecule has 0 fully saturated rings. The van der Waals surface area contributed by atoms with E-state index in [2.05, 4.69) is 44.2 Å². The summed E-state index contributed by atoms with van der Waals surface area (Å²) in [5.41, 5.74) is 0. The fourth-order valence-electron chi connectivity index (χ4n) is 1.93. The monoisotopic (exact) mass is 290 g/mol. The Hall–Kier alpha value is -1.08. The van der Waals surface area contributed by atoms with E-state index in [1.165, 1.54) is 25.7 Å². The van der Waals surface area contributed by atoms with Crippen molar-refractivity contribution in [2.24, 2.45) is 0 Å². The highest BCUT2D eigenvalue weighted by atomic mass is 16.3. The second-order valence-electron chi connectivity index (χ2n) is 5.43. The molecule has 0 rings (SSSR count). The van der Waals surface area contributed by atoms with Gasteiger partial charge >= 0.3 is 0 Å². The molecule has 0 aliphatic rings. The van der Waals surface area contributed by atoms with Crippen molar-refractivity contribution in [3.8, 4) is 0 Å². The minimum atomic E-state index is -0.289. The number of rotatable bonds is 13. The normalized spacial score (nSPS) is 14.2. The molecule has 1 heteroatoms. The maximum absolute atomic E-state index is 9.62.